The molecule has 0 rings (SSSR count). The minimum atomic E-state index is -10.5. The monoisotopic (exact) mass is 294 g/mol. The van der Waals surface area contributed by atoms with Crippen LogP contribution in [0.2, 0.25) is 0 Å². The third-order valence-electron chi connectivity index (χ3n) is 1.58. The Morgan fingerprint density at radius 1 is 1.00 bits per heavy atom. The van der Waals surface area contributed by atoms with Gasteiger partial charge in [-0.2, -0.15) is 13.2 Å². The van der Waals surface area contributed by atoms with E-state index in [1.807, 2.05) is 0 Å². The molecule has 11 heteroatoms. The van der Waals surface area contributed by atoms with Crippen molar-refractivity contribution in [3.05, 3.63) is 0 Å². The van der Waals surface area contributed by atoms with Crippen molar-refractivity contribution in [3.63, 3.8) is 0 Å². The van der Waals surface area contributed by atoms with Crippen molar-refractivity contribution in [2.75, 3.05) is 13.1 Å². The van der Waals surface area contributed by atoms with Gasteiger partial charge in [-0.05, 0) is 13.8 Å². The average molecular weight is 294 g/mol. The predicted molar refractivity (Wildman–Crippen MR) is 49.5 cm³/mol. The summed E-state index contributed by atoms with van der Waals surface area (Å²) in [6, 6.07) is 0. The van der Waals surface area contributed by atoms with E-state index in [0.29, 0.717) is 0 Å². The molecule has 0 amide bonds. The molecule has 0 unspecified atom stereocenters. The molecule has 0 saturated carbocycles. The number of hydrogen-bond acceptors (Lipinski definition) is 1. The maximum Gasteiger partial charge on any atom is 0.450 e. The lowest BCUT2D eigenvalue weighted by Crippen LogP contribution is -2.42. The molecule has 0 bridgehead atoms. The van der Waals surface area contributed by atoms with Crippen LogP contribution in [0.25, 0.3) is 0 Å². The molecule has 0 heterocycles. The molecule has 0 radical (unpaired) electrons. The van der Waals surface area contributed by atoms with E-state index < -0.39 is 35.5 Å². The molecule has 0 fully saturated rings. The molecule has 0 saturated heterocycles. The van der Waals surface area contributed by atoms with Crippen molar-refractivity contribution in [1.29, 1.82) is 0 Å². The van der Waals surface area contributed by atoms with Gasteiger partial charge in [0.25, 0.3) is 0 Å². The molecule has 0 atom stereocenters. The van der Waals surface area contributed by atoms with Crippen molar-refractivity contribution in [1.82, 2.24) is 4.90 Å². The molecular weight excluding hydrogens is 284 g/mol. The second-order valence-corrected chi connectivity index (χ2v) is 5.05. The molecule has 0 aliphatic carbocycles. The quantitative estimate of drug-likeness (QED) is 0.425. The van der Waals surface area contributed by atoms with Gasteiger partial charge in [-0.1, -0.05) is 19.4 Å². The number of halogens is 8. The Balaban J connectivity index is 5.78. The molecule has 0 spiro atoms. The number of alkyl halides is 3. The number of nitrogens with zero attached hydrogens (tertiary/aromatic N) is 2. The molecule has 0 aromatic carbocycles. The molecule has 2 nitrogen and oxygen atoms in total. The third-order valence-corrected chi connectivity index (χ3v) is 2.09. The van der Waals surface area contributed by atoms with Crippen LogP contribution in [0.5, 0.6) is 0 Å². The fourth-order valence-corrected chi connectivity index (χ4v) is 1.52. The zero-order valence-corrected chi connectivity index (χ0v) is 9.56. The average Bonchev–Trinajstić information content (AvgIpc) is 1.98. The highest BCUT2D eigenvalue weighted by Gasteiger charge is 2.66. The van der Waals surface area contributed by atoms with E-state index in [1.54, 1.807) is 0 Å². The van der Waals surface area contributed by atoms with E-state index >= 15 is 0 Å². The van der Waals surface area contributed by atoms with E-state index in [-0.39, 0.29) is 4.90 Å². The minimum absolute atomic E-state index is 0.0674. The van der Waals surface area contributed by atoms with Gasteiger partial charge in [0.1, 0.15) is 0 Å². The summed E-state index contributed by atoms with van der Waals surface area (Å²) in [4.78, 5) is 0.0674. The standard InChI is InChI=1S/C6H10F8N2S/c1-3-16(4-2)5(6(7,8)9)15-17(10,11,12,13)14/h3-4H2,1-2H3/b15-5+. The maximum absolute atomic E-state index is 12.2. The summed E-state index contributed by atoms with van der Waals surface area (Å²) in [5.74, 6) is -2.62. The predicted octanol–water partition coefficient (Wildman–Crippen LogP) is 4.50. The Kier molecular flexibility index (Phi) is 3.47. The van der Waals surface area contributed by atoms with Crippen LogP contribution in [0.1, 0.15) is 13.8 Å². The first kappa shape index (κ1) is 16.3. The van der Waals surface area contributed by atoms with Gasteiger partial charge in [-0.25, -0.2) is 0 Å². The van der Waals surface area contributed by atoms with Gasteiger partial charge in [0.05, 0.1) is 0 Å². The summed E-state index contributed by atoms with van der Waals surface area (Å²) in [7, 11) is -10.5. The Morgan fingerprint density at radius 3 is 1.53 bits per heavy atom. The zero-order valence-electron chi connectivity index (χ0n) is 8.74. The SMILES string of the molecule is CCN(CC)/C(=N/S(F)(F)(F)(F)F)C(F)(F)F. The van der Waals surface area contributed by atoms with Crippen molar-refractivity contribution < 1.29 is 32.6 Å². The molecule has 0 aliphatic rings. The summed E-state index contributed by atoms with van der Waals surface area (Å²) in [6.45, 7) is 1.14. The molecule has 0 aromatic rings. The second kappa shape index (κ2) is 3.62. The van der Waals surface area contributed by atoms with Crippen LogP contribution in [0.15, 0.2) is 4.40 Å². The fourth-order valence-electron chi connectivity index (χ4n) is 0.975. The van der Waals surface area contributed by atoms with E-state index in [4.69, 9.17) is 0 Å². The lowest BCUT2D eigenvalue weighted by molar-refractivity contribution is -0.0686. The molecule has 0 aromatic heterocycles. The van der Waals surface area contributed by atoms with E-state index in [0.717, 1.165) is 18.2 Å². The normalized spacial score (nSPS) is 18.6. The van der Waals surface area contributed by atoms with Crippen LogP contribution in [0.4, 0.5) is 32.6 Å². The lowest BCUT2D eigenvalue weighted by Gasteiger charge is -2.37. The van der Waals surface area contributed by atoms with Crippen LogP contribution >= 0.6 is 10.4 Å². The van der Waals surface area contributed by atoms with Gasteiger partial charge in [0, 0.05) is 13.1 Å². The Morgan fingerprint density at radius 2 is 1.35 bits per heavy atom. The van der Waals surface area contributed by atoms with Crippen molar-refractivity contribution in [2.45, 2.75) is 20.0 Å². The third kappa shape index (κ3) is 6.54. The van der Waals surface area contributed by atoms with Crippen LogP contribution < -0.4 is 0 Å². The van der Waals surface area contributed by atoms with Gasteiger partial charge in [-0.15, -0.1) is 4.40 Å². The second-order valence-electron chi connectivity index (χ2n) is 3.01. The van der Waals surface area contributed by atoms with Gasteiger partial charge in [-0.3, -0.25) is 0 Å². The Labute approximate surface area is 92.2 Å². The number of amidine groups is 1. The van der Waals surface area contributed by atoms with Crippen LogP contribution in [0, 0.1) is 0 Å². The summed E-state index contributed by atoms with van der Waals surface area (Å²) < 4.78 is 97.0. The zero-order chi connectivity index (χ0) is 14.2. The number of hydrogen-bond donors (Lipinski definition) is 0. The first-order valence-electron chi connectivity index (χ1n) is 4.26. The van der Waals surface area contributed by atoms with Crippen molar-refractivity contribution in [3.8, 4) is 0 Å². The van der Waals surface area contributed by atoms with E-state index in [9.17, 15) is 32.6 Å². The van der Waals surface area contributed by atoms with Gasteiger partial charge < -0.3 is 4.90 Å². The smallest absolute Gasteiger partial charge is 0.352 e. The van der Waals surface area contributed by atoms with Crippen molar-refractivity contribution >= 4 is 16.2 Å². The highest BCUT2D eigenvalue weighted by Crippen LogP contribution is 2.99. The molecule has 106 valence electrons. The summed E-state index contributed by atoms with van der Waals surface area (Å²) in [6.07, 6.45) is -5.60. The first-order valence-corrected chi connectivity index (χ1v) is 6.17. The van der Waals surface area contributed by atoms with Crippen LogP contribution in [0.3, 0.4) is 0 Å². The fraction of sp³-hybridized carbons (Fsp3) is 0.833. The molecule has 17 heavy (non-hydrogen) atoms. The summed E-state index contributed by atoms with van der Waals surface area (Å²) in [5, 5.41) is 0. The Bertz CT molecular complexity index is 310. The maximum atomic E-state index is 12.2. The highest BCUT2D eigenvalue weighted by molar-refractivity contribution is 8.44. The lowest BCUT2D eigenvalue weighted by atomic mass is 10.4. The van der Waals surface area contributed by atoms with Gasteiger partial charge in [0.2, 0.25) is 5.84 Å². The highest BCUT2D eigenvalue weighted by atomic mass is 32.5. The van der Waals surface area contributed by atoms with Crippen LogP contribution in [-0.4, -0.2) is 30.0 Å². The minimum Gasteiger partial charge on any atom is -0.352 e. The molecule has 0 N–H and O–H groups in total. The van der Waals surface area contributed by atoms with E-state index in [2.05, 4.69) is 0 Å². The topological polar surface area (TPSA) is 15.6 Å². The van der Waals surface area contributed by atoms with E-state index in [1.165, 1.54) is 0 Å². The summed E-state index contributed by atoms with van der Waals surface area (Å²) >= 11 is 0. The summed E-state index contributed by atoms with van der Waals surface area (Å²) in [5.41, 5.74) is 0. The Hall–Kier alpha value is -0.740. The number of rotatable bonds is 3. The van der Waals surface area contributed by atoms with Gasteiger partial charge >= 0.3 is 16.6 Å². The van der Waals surface area contributed by atoms with Gasteiger partial charge in [0.15, 0.2) is 0 Å². The molecule has 0 aliphatic heterocycles. The largest absolute Gasteiger partial charge is 0.450 e. The molecular formula is C6H10F8N2S. The first-order chi connectivity index (χ1) is 7.09. The van der Waals surface area contributed by atoms with Crippen LogP contribution in [-0.2, 0) is 0 Å². The van der Waals surface area contributed by atoms with Crippen molar-refractivity contribution in [2.24, 2.45) is 4.40 Å².